The van der Waals surface area contributed by atoms with Crippen molar-refractivity contribution in [1.82, 2.24) is 5.43 Å². The molecule has 0 aliphatic carbocycles. The van der Waals surface area contributed by atoms with Crippen LogP contribution in [0, 0.1) is 5.41 Å². The van der Waals surface area contributed by atoms with E-state index in [1.165, 1.54) is 0 Å². The summed E-state index contributed by atoms with van der Waals surface area (Å²) in [5.41, 5.74) is 4.29. The predicted molar refractivity (Wildman–Crippen MR) is 57.6 cm³/mol. The quantitative estimate of drug-likeness (QED) is 0.502. The molecule has 0 radical (unpaired) electrons. The molecule has 0 fully saturated rings. The van der Waals surface area contributed by atoms with Crippen LogP contribution < -0.4 is 5.43 Å². The maximum absolute atomic E-state index is 4.18. The minimum absolute atomic E-state index is 0.197. The molecule has 0 spiro atoms. The molecule has 0 aromatic rings. The molecule has 2 heteroatoms. The molecule has 0 saturated heterocycles. The van der Waals surface area contributed by atoms with Gasteiger partial charge in [0, 0.05) is 17.7 Å². The van der Waals surface area contributed by atoms with Gasteiger partial charge in [0.05, 0.1) is 0 Å². The summed E-state index contributed by atoms with van der Waals surface area (Å²) in [4.78, 5) is 0. The summed E-state index contributed by atoms with van der Waals surface area (Å²) in [6.45, 7) is 15.4. The van der Waals surface area contributed by atoms with Gasteiger partial charge in [0.2, 0.25) is 0 Å². The van der Waals surface area contributed by atoms with Gasteiger partial charge < -0.3 is 5.43 Å². The minimum Gasteiger partial charge on any atom is -0.310 e. The average molecular weight is 172 g/mol. The molecule has 74 valence electrons. The summed E-state index contributed by atoms with van der Waals surface area (Å²) in [5.74, 6) is 0. The Morgan fingerprint density at radius 2 is 1.67 bits per heavy atom. The molecule has 0 rings (SSSR count). The minimum atomic E-state index is 0.197. The third kappa shape index (κ3) is 7.58. The number of hydrogen-bond acceptors (Lipinski definition) is 2. The molecule has 0 bridgehead atoms. The van der Waals surface area contributed by atoms with Crippen molar-refractivity contribution >= 4 is 5.71 Å². The molecular weight excluding hydrogens is 148 g/mol. The Morgan fingerprint density at radius 3 is 1.92 bits per heavy atom. The molecule has 0 atom stereocenters. The lowest BCUT2D eigenvalue weighted by Crippen LogP contribution is -2.20. The lowest BCUT2D eigenvalue weighted by atomic mass is 9.91. The predicted octanol–water partition coefficient (Wildman–Crippen LogP) is 3.04. The van der Waals surface area contributed by atoms with Crippen LogP contribution in [0.2, 0.25) is 0 Å². The Labute approximate surface area is 77.4 Å². The van der Waals surface area contributed by atoms with E-state index in [-0.39, 0.29) is 5.41 Å². The number of nitrogens with one attached hydrogen (secondary N) is 1. The third-order valence-electron chi connectivity index (χ3n) is 1.49. The van der Waals surface area contributed by atoms with Gasteiger partial charge in [-0.1, -0.05) is 34.6 Å². The van der Waals surface area contributed by atoms with Crippen LogP contribution in [0.3, 0.4) is 0 Å². The van der Waals surface area contributed by atoms with Crippen LogP contribution >= 0.6 is 0 Å². The zero-order valence-electron chi connectivity index (χ0n) is 9.65. The molecule has 0 aliphatic heterocycles. The first kappa shape index (κ1) is 14.0. The van der Waals surface area contributed by atoms with Gasteiger partial charge in [0.1, 0.15) is 0 Å². The van der Waals surface area contributed by atoms with Crippen molar-refractivity contribution in [2.45, 2.75) is 48.5 Å². The molecular formula is C10H24N2. The summed E-state index contributed by atoms with van der Waals surface area (Å²) < 4.78 is 0. The summed E-state index contributed by atoms with van der Waals surface area (Å²) in [6.07, 6.45) is 0. The van der Waals surface area contributed by atoms with E-state index in [4.69, 9.17) is 0 Å². The van der Waals surface area contributed by atoms with Crippen LogP contribution in [-0.2, 0) is 0 Å². The van der Waals surface area contributed by atoms with Crippen LogP contribution in [0.25, 0.3) is 0 Å². The molecule has 0 saturated carbocycles. The van der Waals surface area contributed by atoms with Crippen LogP contribution in [0.1, 0.15) is 48.5 Å². The van der Waals surface area contributed by atoms with Gasteiger partial charge in [-0.15, -0.1) is 0 Å². The van der Waals surface area contributed by atoms with Crippen LogP contribution in [0.4, 0.5) is 0 Å². The standard InChI is InChI=1S/C8H18N2.C2H6/c1-6-9-10-7(2)8(3,4)5;1-2/h9H,6H2,1-5H3;1-2H3/b10-7+;. The van der Waals surface area contributed by atoms with Crippen molar-refractivity contribution in [2.24, 2.45) is 10.5 Å². The summed E-state index contributed by atoms with van der Waals surface area (Å²) in [6, 6.07) is 0. The molecule has 0 aromatic heterocycles. The Balaban J connectivity index is 0. The fourth-order valence-corrected chi connectivity index (χ4v) is 0.365. The van der Waals surface area contributed by atoms with Crippen LogP contribution in [-0.4, -0.2) is 12.3 Å². The first-order valence-corrected chi connectivity index (χ1v) is 4.76. The third-order valence-corrected chi connectivity index (χ3v) is 1.49. The number of nitrogens with zero attached hydrogens (tertiary/aromatic N) is 1. The first-order valence-electron chi connectivity index (χ1n) is 4.76. The van der Waals surface area contributed by atoms with Crippen molar-refractivity contribution in [1.29, 1.82) is 0 Å². The second kappa shape index (κ2) is 7.14. The van der Waals surface area contributed by atoms with Crippen molar-refractivity contribution in [3.8, 4) is 0 Å². The fraction of sp³-hybridized carbons (Fsp3) is 0.900. The van der Waals surface area contributed by atoms with E-state index < -0.39 is 0 Å². The van der Waals surface area contributed by atoms with Gasteiger partial charge in [-0.05, 0) is 13.8 Å². The van der Waals surface area contributed by atoms with E-state index in [2.05, 4.69) is 31.3 Å². The highest BCUT2D eigenvalue weighted by Gasteiger charge is 2.13. The molecule has 12 heavy (non-hydrogen) atoms. The summed E-state index contributed by atoms with van der Waals surface area (Å²) in [7, 11) is 0. The SMILES string of the molecule is CC.CCN/N=C(\C)C(C)(C)C. The molecule has 0 aromatic carbocycles. The van der Waals surface area contributed by atoms with Crippen molar-refractivity contribution in [2.75, 3.05) is 6.54 Å². The zero-order valence-corrected chi connectivity index (χ0v) is 9.65. The van der Waals surface area contributed by atoms with Crippen LogP contribution in [0.5, 0.6) is 0 Å². The monoisotopic (exact) mass is 172 g/mol. The normalized spacial score (nSPS) is 11.8. The van der Waals surface area contributed by atoms with Gasteiger partial charge in [0.15, 0.2) is 0 Å². The van der Waals surface area contributed by atoms with Gasteiger partial charge >= 0.3 is 0 Å². The molecule has 0 unspecified atom stereocenters. The van der Waals surface area contributed by atoms with E-state index in [0.717, 1.165) is 12.3 Å². The van der Waals surface area contributed by atoms with E-state index in [1.807, 2.05) is 27.7 Å². The maximum atomic E-state index is 4.18. The Kier molecular flexibility index (Phi) is 8.34. The van der Waals surface area contributed by atoms with Crippen molar-refractivity contribution in [3.05, 3.63) is 0 Å². The van der Waals surface area contributed by atoms with Gasteiger partial charge in [-0.2, -0.15) is 5.10 Å². The highest BCUT2D eigenvalue weighted by Crippen LogP contribution is 2.14. The fourth-order valence-electron chi connectivity index (χ4n) is 0.365. The zero-order chi connectivity index (χ0) is 10.2. The number of hydrazone groups is 1. The van der Waals surface area contributed by atoms with Gasteiger partial charge in [0.25, 0.3) is 0 Å². The van der Waals surface area contributed by atoms with Crippen molar-refractivity contribution in [3.63, 3.8) is 0 Å². The Morgan fingerprint density at radius 1 is 1.25 bits per heavy atom. The second-order valence-corrected chi connectivity index (χ2v) is 3.46. The van der Waals surface area contributed by atoms with E-state index >= 15 is 0 Å². The molecule has 0 heterocycles. The van der Waals surface area contributed by atoms with E-state index in [9.17, 15) is 0 Å². The summed E-state index contributed by atoms with van der Waals surface area (Å²) in [5, 5.41) is 4.18. The topological polar surface area (TPSA) is 24.4 Å². The second-order valence-electron chi connectivity index (χ2n) is 3.46. The van der Waals surface area contributed by atoms with Gasteiger partial charge in [-0.3, -0.25) is 0 Å². The molecule has 1 N–H and O–H groups in total. The smallest absolute Gasteiger partial charge is 0.0400 e. The largest absolute Gasteiger partial charge is 0.310 e. The highest BCUT2D eigenvalue weighted by molar-refractivity contribution is 5.86. The van der Waals surface area contributed by atoms with Crippen molar-refractivity contribution < 1.29 is 0 Å². The lowest BCUT2D eigenvalue weighted by Gasteiger charge is -2.17. The molecule has 2 nitrogen and oxygen atoms in total. The molecule has 0 aliphatic rings. The first-order chi connectivity index (χ1) is 5.48. The number of rotatable bonds is 2. The van der Waals surface area contributed by atoms with Gasteiger partial charge in [-0.25, -0.2) is 0 Å². The number of hydrogen-bond donors (Lipinski definition) is 1. The Hall–Kier alpha value is -0.530. The summed E-state index contributed by atoms with van der Waals surface area (Å²) >= 11 is 0. The van der Waals surface area contributed by atoms with E-state index in [1.54, 1.807) is 0 Å². The average Bonchev–Trinajstić information content (AvgIpc) is 2.02. The maximum Gasteiger partial charge on any atom is 0.0400 e. The Bertz CT molecular complexity index is 120. The van der Waals surface area contributed by atoms with Crippen LogP contribution in [0.15, 0.2) is 5.10 Å². The molecule has 0 amide bonds. The van der Waals surface area contributed by atoms with E-state index in [0.29, 0.717) is 0 Å². The highest BCUT2D eigenvalue weighted by atomic mass is 15.3. The lowest BCUT2D eigenvalue weighted by molar-refractivity contribution is 0.577.